The van der Waals surface area contributed by atoms with Crippen LogP contribution in [0.1, 0.15) is 17.7 Å². The summed E-state index contributed by atoms with van der Waals surface area (Å²) in [6, 6.07) is 5.93. The van der Waals surface area contributed by atoms with Gasteiger partial charge in [0, 0.05) is 57.1 Å². The molecule has 2 saturated heterocycles. The van der Waals surface area contributed by atoms with Crippen molar-refractivity contribution >= 4 is 5.91 Å². The van der Waals surface area contributed by atoms with E-state index in [0.717, 1.165) is 50.5 Å². The van der Waals surface area contributed by atoms with E-state index in [4.69, 9.17) is 9.47 Å². The monoisotopic (exact) mass is 445 g/mol. The largest absolute Gasteiger partial charge is 0.491 e. The number of H-pyrrole nitrogens is 1. The Balaban J connectivity index is 1.47. The molecular weight excluding hydrogens is 413 g/mol. The molecule has 1 N–H and O–H groups in total. The number of rotatable bonds is 7. The number of carbonyl (C=O) groups is 1. The highest BCUT2D eigenvalue weighted by Gasteiger charge is 2.41. The van der Waals surface area contributed by atoms with Crippen LogP contribution in [0.4, 0.5) is 4.39 Å². The molecule has 3 heterocycles. The van der Waals surface area contributed by atoms with E-state index in [-0.39, 0.29) is 24.8 Å². The maximum absolute atomic E-state index is 13.3. The Morgan fingerprint density at radius 2 is 1.97 bits per heavy atom. The van der Waals surface area contributed by atoms with Crippen molar-refractivity contribution in [3.8, 4) is 5.75 Å². The van der Waals surface area contributed by atoms with Gasteiger partial charge in [-0.2, -0.15) is 5.10 Å². The SMILES string of the molecule is Cc1[nH]ncc1CN1CCOC(COc2ccc(F)cc2)(CC(=O)N2CCN(C)CC2)C1. The van der Waals surface area contributed by atoms with E-state index in [1.54, 1.807) is 12.1 Å². The molecule has 0 spiro atoms. The zero-order chi connectivity index (χ0) is 22.6. The summed E-state index contributed by atoms with van der Waals surface area (Å²) in [5.74, 6) is 0.333. The van der Waals surface area contributed by atoms with Crippen molar-refractivity contribution in [3.63, 3.8) is 0 Å². The quantitative estimate of drug-likeness (QED) is 0.699. The van der Waals surface area contributed by atoms with Crippen molar-refractivity contribution in [1.82, 2.24) is 24.9 Å². The van der Waals surface area contributed by atoms with Gasteiger partial charge < -0.3 is 19.3 Å². The molecule has 2 fully saturated rings. The van der Waals surface area contributed by atoms with E-state index in [9.17, 15) is 9.18 Å². The lowest BCUT2D eigenvalue weighted by atomic mass is 9.96. The number of hydrogen-bond acceptors (Lipinski definition) is 6. The number of nitrogens with zero attached hydrogens (tertiary/aromatic N) is 4. The van der Waals surface area contributed by atoms with Crippen LogP contribution < -0.4 is 4.74 Å². The third-order valence-electron chi connectivity index (χ3n) is 6.30. The minimum absolute atomic E-state index is 0.0853. The second kappa shape index (κ2) is 9.97. The van der Waals surface area contributed by atoms with Gasteiger partial charge in [0.05, 0.1) is 19.2 Å². The van der Waals surface area contributed by atoms with Crippen LogP contribution in [-0.2, 0) is 16.1 Å². The lowest BCUT2D eigenvalue weighted by molar-refractivity contribution is -0.157. The summed E-state index contributed by atoms with van der Waals surface area (Å²) >= 11 is 0. The Kier molecular flexibility index (Phi) is 7.07. The van der Waals surface area contributed by atoms with Gasteiger partial charge in [-0.25, -0.2) is 4.39 Å². The zero-order valence-electron chi connectivity index (χ0n) is 18.8. The number of carbonyl (C=O) groups excluding carboxylic acids is 1. The molecule has 1 amide bonds. The van der Waals surface area contributed by atoms with E-state index >= 15 is 0 Å². The average Bonchev–Trinajstić information content (AvgIpc) is 3.18. The molecule has 1 unspecified atom stereocenters. The van der Waals surface area contributed by atoms with E-state index in [0.29, 0.717) is 18.9 Å². The highest BCUT2D eigenvalue weighted by molar-refractivity contribution is 5.77. The fourth-order valence-corrected chi connectivity index (χ4v) is 4.27. The molecular formula is C23H32FN5O3. The first-order valence-electron chi connectivity index (χ1n) is 11.1. The first-order valence-corrected chi connectivity index (χ1v) is 11.1. The summed E-state index contributed by atoms with van der Waals surface area (Å²) in [7, 11) is 2.07. The van der Waals surface area contributed by atoms with Crippen LogP contribution in [0.5, 0.6) is 5.75 Å². The molecule has 0 radical (unpaired) electrons. The normalized spacial score (nSPS) is 22.8. The smallest absolute Gasteiger partial charge is 0.225 e. The summed E-state index contributed by atoms with van der Waals surface area (Å²) in [4.78, 5) is 19.6. The fourth-order valence-electron chi connectivity index (χ4n) is 4.27. The number of amides is 1. The standard InChI is InChI=1S/C23H32FN5O3/c1-18-19(14-25-26-18)15-28-11-12-32-23(16-28,17-31-21-5-3-20(24)4-6-21)13-22(30)29-9-7-27(2)8-10-29/h3-6,14H,7-13,15-17H2,1-2H3,(H,25,26). The summed E-state index contributed by atoms with van der Waals surface area (Å²) < 4.78 is 25.5. The Morgan fingerprint density at radius 3 is 2.66 bits per heavy atom. The second-order valence-corrected chi connectivity index (χ2v) is 8.87. The minimum atomic E-state index is -0.773. The predicted molar refractivity (Wildman–Crippen MR) is 118 cm³/mol. The lowest BCUT2D eigenvalue weighted by Gasteiger charge is -2.43. The minimum Gasteiger partial charge on any atom is -0.491 e. The van der Waals surface area contributed by atoms with Crippen LogP contribution in [0.3, 0.4) is 0 Å². The van der Waals surface area contributed by atoms with E-state index < -0.39 is 5.60 Å². The number of ether oxygens (including phenoxy) is 2. The number of hydrogen-bond donors (Lipinski definition) is 1. The molecule has 2 aromatic rings. The molecule has 2 aliphatic heterocycles. The highest BCUT2D eigenvalue weighted by Crippen LogP contribution is 2.27. The van der Waals surface area contributed by atoms with Crippen LogP contribution in [0, 0.1) is 12.7 Å². The number of benzene rings is 1. The maximum Gasteiger partial charge on any atom is 0.225 e. The Labute approximate surface area is 188 Å². The third kappa shape index (κ3) is 5.65. The highest BCUT2D eigenvalue weighted by atomic mass is 19.1. The molecule has 174 valence electrons. The molecule has 0 aliphatic carbocycles. The topological polar surface area (TPSA) is 73.9 Å². The number of aromatic amines is 1. The van der Waals surface area contributed by atoms with Crippen molar-refractivity contribution in [2.45, 2.75) is 25.5 Å². The fraction of sp³-hybridized carbons (Fsp3) is 0.565. The first-order chi connectivity index (χ1) is 15.4. The molecule has 0 bridgehead atoms. The molecule has 8 nitrogen and oxygen atoms in total. The van der Waals surface area contributed by atoms with Gasteiger partial charge in [0.2, 0.25) is 5.91 Å². The molecule has 2 aliphatic rings. The van der Waals surface area contributed by atoms with E-state index in [2.05, 4.69) is 27.0 Å². The summed E-state index contributed by atoms with van der Waals surface area (Å²) in [6.45, 7) is 8.00. The van der Waals surface area contributed by atoms with Crippen LogP contribution in [0.2, 0.25) is 0 Å². The molecule has 0 saturated carbocycles. The maximum atomic E-state index is 13.3. The second-order valence-electron chi connectivity index (χ2n) is 8.87. The number of nitrogens with one attached hydrogen (secondary N) is 1. The number of aryl methyl sites for hydroxylation is 1. The molecule has 1 aromatic carbocycles. The molecule has 1 atom stereocenters. The number of halogens is 1. The van der Waals surface area contributed by atoms with Crippen molar-refractivity contribution in [2.75, 3.05) is 59.5 Å². The van der Waals surface area contributed by atoms with Gasteiger partial charge in [-0.15, -0.1) is 0 Å². The van der Waals surface area contributed by atoms with Gasteiger partial charge in [-0.1, -0.05) is 0 Å². The average molecular weight is 446 g/mol. The van der Waals surface area contributed by atoms with Gasteiger partial charge >= 0.3 is 0 Å². The van der Waals surface area contributed by atoms with Crippen molar-refractivity contribution in [3.05, 3.63) is 47.5 Å². The number of piperazine rings is 1. The molecule has 9 heteroatoms. The predicted octanol–water partition coefficient (Wildman–Crippen LogP) is 1.67. The third-order valence-corrected chi connectivity index (χ3v) is 6.30. The van der Waals surface area contributed by atoms with Crippen molar-refractivity contribution < 1.29 is 18.7 Å². The summed E-state index contributed by atoms with van der Waals surface area (Å²) in [6.07, 6.45) is 2.09. The van der Waals surface area contributed by atoms with Crippen LogP contribution in [0.15, 0.2) is 30.5 Å². The lowest BCUT2D eigenvalue weighted by Crippen LogP contribution is -2.58. The number of likely N-dealkylation sites (N-methyl/N-ethyl adjacent to an activating group) is 1. The Hall–Kier alpha value is -2.49. The van der Waals surface area contributed by atoms with Crippen molar-refractivity contribution in [1.29, 1.82) is 0 Å². The van der Waals surface area contributed by atoms with E-state index in [1.807, 2.05) is 18.0 Å². The van der Waals surface area contributed by atoms with Crippen LogP contribution >= 0.6 is 0 Å². The zero-order valence-corrected chi connectivity index (χ0v) is 18.8. The van der Waals surface area contributed by atoms with Crippen LogP contribution in [0.25, 0.3) is 0 Å². The van der Waals surface area contributed by atoms with Crippen molar-refractivity contribution in [2.24, 2.45) is 0 Å². The van der Waals surface area contributed by atoms with Gasteiger partial charge in [0.25, 0.3) is 0 Å². The summed E-state index contributed by atoms with van der Waals surface area (Å²) in [5.41, 5.74) is 1.40. The van der Waals surface area contributed by atoms with E-state index in [1.165, 1.54) is 12.1 Å². The number of morpholine rings is 1. The van der Waals surface area contributed by atoms with Crippen LogP contribution in [-0.4, -0.2) is 95.9 Å². The van der Waals surface area contributed by atoms with Gasteiger partial charge in [0.15, 0.2) is 0 Å². The molecule has 4 rings (SSSR count). The first kappa shape index (κ1) is 22.7. The summed E-state index contributed by atoms with van der Waals surface area (Å²) in [5, 5.41) is 7.10. The van der Waals surface area contributed by atoms with Gasteiger partial charge in [0.1, 0.15) is 23.8 Å². The van der Waals surface area contributed by atoms with Gasteiger partial charge in [-0.05, 0) is 38.2 Å². The molecule has 1 aromatic heterocycles. The Bertz CT molecular complexity index is 897. The van der Waals surface area contributed by atoms with Gasteiger partial charge in [-0.3, -0.25) is 14.8 Å². The molecule has 32 heavy (non-hydrogen) atoms. The number of aromatic nitrogens is 2. The Morgan fingerprint density at radius 1 is 1.22 bits per heavy atom.